The predicted octanol–water partition coefficient (Wildman–Crippen LogP) is 3.38. The molecule has 1 aliphatic rings. The van der Waals surface area contributed by atoms with E-state index in [0.717, 1.165) is 31.3 Å². The van der Waals surface area contributed by atoms with E-state index in [9.17, 15) is 0 Å². The Kier molecular flexibility index (Phi) is 4.16. The molecule has 1 atom stereocenters. The molecule has 0 amide bonds. The molecule has 3 rings (SSSR count). The van der Waals surface area contributed by atoms with Crippen LogP contribution in [-0.4, -0.2) is 24.7 Å². The molecule has 1 aliphatic heterocycles. The maximum Gasteiger partial charge on any atom is 0.128 e. The van der Waals surface area contributed by atoms with Crippen LogP contribution in [0.3, 0.4) is 0 Å². The van der Waals surface area contributed by atoms with E-state index in [-0.39, 0.29) is 0 Å². The van der Waals surface area contributed by atoms with Gasteiger partial charge in [0.2, 0.25) is 0 Å². The lowest BCUT2D eigenvalue weighted by Crippen LogP contribution is -2.38. The third-order valence-corrected chi connectivity index (χ3v) is 3.72. The highest BCUT2D eigenvalue weighted by Crippen LogP contribution is 2.22. The number of hydrogen-bond acceptors (Lipinski definition) is 3. The van der Waals surface area contributed by atoms with Gasteiger partial charge in [-0.15, -0.1) is 0 Å². The normalized spacial score (nSPS) is 18.8. The molecule has 0 spiro atoms. The number of piperidine rings is 1. The largest absolute Gasteiger partial charge is 0.493 e. The van der Waals surface area contributed by atoms with E-state index in [0.29, 0.717) is 5.92 Å². The zero-order valence-electron chi connectivity index (χ0n) is 11.6. The van der Waals surface area contributed by atoms with Crippen LogP contribution in [0.4, 0.5) is 5.82 Å². The van der Waals surface area contributed by atoms with Crippen LogP contribution >= 0.6 is 0 Å². The Balaban J connectivity index is 1.56. The van der Waals surface area contributed by atoms with Crippen molar-refractivity contribution in [3.8, 4) is 5.75 Å². The highest BCUT2D eigenvalue weighted by Gasteiger charge is 2.21. The molecule has 3 nitrogen and oxygen atoms in total. The summed E-state index contributed by atoms with van der Waals surface area (Å²) in [7, 11) is 0. The molecule has 0 bridgehead atoms. The molecular weight excluding hydrogens is 248 g/mol. The minimum Gasteiger partial charge on any atom is -0.493 e. The van der Waals surface area contributed by atoms with Gasteiger partial charge in [0.25, 0.3) is 0 Å². The van der Waals surface area contributed by atoms with E-state index < -0.39 is 0 Å². The van der Waals surface area contributed by atoms with Crippen LogP contribution < -0.4 is 9.64 Å². The van der Waals surface area contributed by atoms with Crippen molar-refractivity contribution >= 4 is 5.82 Å². The van der Waals surface area contributed by atoms with Crippen molar-refractivity contribution in [2.24, 2.45) is 5.92 Å². The van der Waals surface area contributed by atoms with Gasteiger partial charge in [0.05, 0.1) is 6.61 Å². The van der Waals surface area contributed by atoms with E-state index in [1.165, 1.54) is 12.8 Å². The summed E-state index contributed by atoms with van der Waals surface area (Å²) in [6.45, 7) is 2.91. The van der Waals surface area contributed by atoms with Crippen molar-refractivity contribution in [3.63, 3.8) is 0 Å². The van der Waals surface area contributed by atoms with Crippen LogP contribution in [0, 0.1) is 5.92 Å². The van der Waals surface area contributed by atoms with Crippen LogP contribution in [-0.2, 0) is 0 Å². The maximum atomic E-state index is 5.88. The molecule has 0 radical (unpaired) electrons. The van der Waals surface area contributed by atoms with Gasteiger partial charge in [-0.3, -0.25) is 0 Å². The number of benzene rings is 1. The third-order valence-electron chi connectivity index (χ3n) is 3.72. The highest BCUT2D eigenvalue weighted by molar-refractivity contribution is 5.38. The summed E-state index contributed by atoms with van der Waals surface area (Å²) in [5.74, 6) is 2.62. The third kappa shape index (κ3) is 3.29. The Hall–Kier alpha value is -2.03. The Labute approximate surface area is 120 Å². The Morgan fingerprint density at radius 2 is 1.95 bits per heavy atom. The number of aromatic nitrogens is 1. The molecule has 1 fully saturated rings. The first-order valence-corrected chi connectivity index (χ1v) is 7.25. The molecule has 1 aromatic heterocycles. The van der Waals surface area contributed by atoms with E-state index in [1.54, 1.807) is 0 Å². The first kappa shape index (κ1) is 13.0. The van der Waals surface area contributed by atoms with E-state index >= 15 is 0 Å². The number of pyridine rings is 1. The topological polar surface area (TPSA) is 25.4 Å². The highest BCUT2D eigenvalue weighted by atomic mass is 16.5. The average Bonchev–Trinajstić information content (AvgIpc) is 2.55. The minimum atomic E-state index is 0.575. The van der Waals surface area contributed by atoms with Crippen LogP contribution in [0.15, 0.2) is 54.7 Å². The van der Waals surface area contributed by atoms with Gasteiger partial charge in [0, 0.05) is 25.2 Å². The summed E-state index contributed by atoms with van der Waals surface area (Å²) < 4.78 is 5.88. The molecule has 1 aromatic carbocycles. The minimum absolute atomic E-state index is 0.575. The molecule has 0 N–H and O–H groups in total. The van der Waals surface area contributed by atoms with Crippen molar-refractivity contribution < 1.29 is 4.74 Å². The van der Waals surface area contributed by atoms with Gasteiger partial charge in [-0.1, -0.05) is 24.3 Å². The summed E-state index contributed by atoms with van der Waals surface area (Å²) in [6.07, 6.45) is 4.30. The van der Waals surface area contributed by atoms with Gasteiger partial charge >= 0.3 is 0 Å². The van der Waals surface area contributed by atoms with Crippen LogP contribution in [0.5, 0.6) is 5.75 Å². The Morgan fingerprint density at radius 1 is 1.10 bits per heavy atom. The second-order valence-corrected chi connectivity index (χ2v) is 5.27. The number of nitrogens with zero attached hydrogens (tertiary/aromatic N) is 2. The lowest BCUT2D eigenvalue weighted by Gasteiger charge is -2.33. The van der Waals surface area contributed by atoms with Crippen LogP contribution in [0.1, 0.15) is 12.8 Å². The van der Waals surface area contributed by atoms with Crippen LogP contribution in [0.2, 0.25) is 0 Å². The summed E-state index contributed by atoms with van der Waals surface area (Å²) in [5, 5.41) is 0. The van der Waals surface area contributed by atoms with Gasteiger partial charge in [-0.05, 0) is 37.1 Å². The monoisotopic (exact) mass is 268 g/mol. The standard InChI is InChI=1S/C17H20N2O/c1-2-8-16(9-3-1)20-14-15-7-6-12-19(13-15)17-10-4-5-11-18-17/h1-5,8-11,15H,6-7,12-14H2. The molecule has 2 heterocycles. The number of ether oxygens (including phenoxy) is 1. The fourth-order valence-electron chi connectivity index (χ4n) is 2.68. The van der Waals surface area contributed by atoms with Crippen molar-refractivity contribution in [1.29, 1.82) is 0 Å². The number of hydrogen-bond donors (Lipinski definition) is 0. The summed E-state index contributed by atoms with van der Waals surface area (Å²) in [5.41, 5.74) is 0. The summed E-state index contributed by atoms with van der Waals surface area (Å²) in [4.78, 5) is 6.80. The van der Waals surface area contributed by atoms with Crippen molar-refractivity contribution in [2.45, 2.75) is 12.8 Å². The average molecular weight is 268 g/mol. The molecule has 0 saturated carbocycles. The fourth-order valence-corrected chi connectivity index (χ4v) is 2.68. The summed E-state index contributed by atoms with van der Waals surface area (Å²) in [6, 6.07) is 16.2. The fraction of sp³-hybridized carbons (Fsp3) is 0.353. The quantitative estimate of drug-likeness (QED) is 0.850. The maximum absolute atomic E-state index is 5.88. The zero-order chi connectivity index (χ0) is 13.6. The molecular formula is C17H20N2O. The summed E-state index contributed by atoms with van der Waals surface area (Å²) >= 11 is 0. The predicted molar refractivity (Wildman–Crippen MR) is 81.1 cm³/mol. The van der Waals surface area contributed by atoms with Crippen molar-refractivity contribution in [2.75, 3.05) is 24.6 Å². The molecule has 0 aliphatic carbocycles. The Morgan fingerprint density at radius 3 is 2.75 bits per heavy atom. The second kappa shape index (κ2) is 6.42. The SMILES string of the molecule is c1ccc(OCC2CCCN(c3ccccn3)C2)cc1. The van der Waals surface area contributed by atoms with E-state index in [1.807, 2.05) is 48.7 Å². The smallest absolute Gasteiger partial charge is 0.128 e. The molecule has 3 heteroatoms. The van der Waals surface area contributed by atoms with E-state index in [4.69, 9.17) is 4.74 Å². The lowest BCUT2D eigenvalue weighted by molar-refractivity contribution is 0.228. The number of anilines is 1. The molecule has 104 valence electrons. The number of para-hydroxylation sites is 1. The second-order valence-electron chi connectivity index (χ2n) is 5.27. The lowest BCUT2D eigenvalue weighted by atomic mass is 9.99. The van der Waals surface area contributed by atoms with Gasteiger partial charge in [-0.2, -0.15) is 0 Å². The van der Waals surface area contributed by atoms with Crippen molar-refractivity contribution in [1.82, 2.24) is 4.98 Å². The van der Waals surface area contributed by atoms with Gasteiger partial charge in [0.15, 0.2) is 0 Å². The first-order chi connectivity index (χ1) is 9.92. The van der Waals surface area contributed by atoms with E-state index in [2.05, 4.69) is 16.0 Å². The van der Waals surface area contributed by atoms with Gasteiger partial charge in [-0.25, -0.2) is 4.98 Å². The van der Waals surface area contributed by atoms with Crippen LogP contribution in [0.25, 0.3) is 0 Å². The number of rotatable bonds is 4. The zero-order valence-corrected chi connectivity index (χ0v) is 11.6. The molecule has 1 unspecified atom stereocenters. The van der Waals surface area contributed by atoms with Gasteiger partial charge < -0.3 is 9.64 Å². The first-order valence-electron chi connectivity index (χ1n) is 7.25. The molecule has 1 saturated heterocycles. The van der Waals surface area contributed by atoms with Crippen molar-refractivity contribution in [3.05, 3.63) is 54.7 Å². The Bertz CT molecular complexity index is 515. The van der Waals surface area contributed by atoms with Gasteiger partial charge in [0.1, 0.15) is 11.6 Å². The molecule has 20 heavy (non-hydrogen) atoms. The molecule has 2 aromatic rings.